The van der Waals surface area contributed by atoms with Gasteiger partial charge >= 0.3 is 0 Å². The molecule has 5 heteroatoms. The van der Waals surface area contributed by atoms with Crippen LogP contribution in [0.3, 0.4) is 0 Å². The quantitative estimate of drug-likeness (QED) is 0.933. The van der Waals surface area contributed by atoms with Crippen molar-refractivity contribution in [3.63, 3.8) is 0 Å². The van der Waals surface area contributed by atoms with E-state index in [9.17, 15) is 14.4 Å². The number of rotatable bonds is 3. The lowest BCUT2D eigenvalue weighted by atomic mass is 9.84. The van der Waals surface area contributed by atoms with E-state index < -0.39 is 11.5 Å². The molecule has 0 saturated carbocycles. The van der Waals surface area contributed by atoms with Crippen molar-refractivity contribution in [1.82, 2.24) is 4.90 Å². The Kier molecular flexibility index (Phi) is 4.52. The third-order valence-corrected chi connectivity index (χ3v) is 4.38. The predicted molar refractivity (Wildman–Crippen MR) is 82.1 cm³/mol. The van der Waals surface area contributed by atoms with Gasteiger partial charge in [-0.2, -0.15) is 5.26 Å². The van der Waals surface area contributed by atoms with Gasteiger partial charge in [0.2, 0.25) is 5.91 Å². The Bertz CT molecular complexity index is 606. The van der Waals surface area contributed by atoms with Gasteiger partial charge in [-0.05, 0) is 51.3 Å². The van der Waals surface area contributed by atoms with Gasteiger partial charge in [-0.3, -0.25) is 4.79 Å². The zero-order chi connectivity index (χ0) is 16.5. The Morgan fingerprint density at radius 3 is 2.73 bits per heavy atom. The molecule has 0 bridgehead atoms. The van der Waals surface area contributed by atoms with E-state index in [0.717, 1.165) is 5.56 Å². The molecular formula is C17H22FN3O. The molecule has 22 heavy (non-hydrogen) atoms. The Labute approximate surface area is 130 Å². The standard InChI is InChI=1S/C17H22FN3O/c1-11(20)16(22)21-14(12-5-4-6-13(18)9-12)7-8-15(21)17(2,3)10-19/h4-6,9,11,14-15H,7-8,20H2,1-3H3/t11-,14+,15?/m1/s1. The molecule has 118 valence electrons. The van der Waals surface area contributed by atoms with Crippen LogP contribution >= 0.6 is 0 Å². The van der Waals surface area contributed by atoms with E-state index in [1.165, 1.54) is 12.1 Å². The van der Waals surface area contributed by atoms with Crippen LogP contribution in [-0.2, 0) is 4.79 Å². The Morgan fingerprint density at radius 1 is 1.50 bits per heavy atom. The van der Waals surface area contributed by atoms with Gasteiger partial charge in [0.15, 0.2) is 0 Å². The molecule has 1 unspecified atom stereocenters. The zero-order valence-corrected chi connectivity index (χ0v) is 13.2. The molecule has 0 aliphatic carbocycles. The molecule has 0 radical (unpaired) electrons. The number of carbonyl (C=O) groups is 1. The predicted octanol–water partition coefficient (Wildman–Crippen LogP) is 2.75. The first-order valence-electron chi connectivity index (χ1n) is 7.52. The van der Waals surface area contributed by atoms with Gasteiger partial charge in [-0.15, -0.1) is 0 Å². The average molecular weight is 303 g/mol. The van der Waals surface area contributed by atoms with E-state index >= 15 is 0 Å². The first kappa shape index (κ1) is 16.4. The van der Waals surface area contributed by atoms with Crippen LogP contribution in [0.1, 0.15) is 45.2 Å². The summed E-state index contributed by atoms with van der Waals surface area (Å²) in [4.78, 5) is 14.3. The lowest BCUT2D eigenvalue weighted by Gasteiger charge is -2.37. The van der Waals surface area contributed by atoms with Gasteiger partial charge < -0.3 is 10.6 Å². The minimum atomic E-state index is -0.674. The number of likely N-dealkylation sites (tertiary alicyclic amines) is 1. The van der Waals surface area contributed by atoms with E-state index in [0.29, 0.717) is 12.8 Å². The summed E-state index contributed by atoms with van der Waals surface area (Å²) in [6, 6.07) is 7.48. The SMILES string of the molecule is C[C@@H](N)C(=O)N1C(C(C)(C)C#N)CC[C@H]1c1cccc(F)c1. The van der Waals surface area contributed by atoms with E-state index in [2.05, 4.69) is 6.07 Å². The van der Waals surface area contributed by atoms with Crippen LogP contribution in [0.15, 0.2) is 24.3 Å². The lowest BCUT2D eigenvalue weighted by Crippen LogP contribution is -2.50. The van der Waals surface area contributed by atoms with E-state index in [-0.39, 0.29) is 23.8 Å². The molecule has 1 aliphatic rings. The fourth-order valence-corrected chi connectivity index (χ4v) is 3.18. The lowest BCUT2D eigenvalue weighted by molar-refractivity contribution is -0.137. The highest BCUT2D eigenvalue weighted by Gasteiger charge is 2.45. The van der Waals surface area contributed by atoms with Crippen molar-refractivity contribution in [3.8, 4) is 6.07 Å². The maximum atomic E-state index is 13.5. The minimum absolute atomic E-state index is 0.194. The van der Waals surface area contributed by atoms with E-state index in [1.807, 2.05) is 19.9 Å². The van der Waals surface area contributed by atoms with Gasteiger partial charge in [-0.25, -0.2) is 4.39 Å². The molecule has 4 nitrogen and oxygen atoms in total. The van der Waals surface area contributed by atoms with Crippen molar-refractivity contribution in [1.29, 1.82) is 5.26 Å². The molecule has 1 aliphatic heterocycles. The summed E-state index contributed by atoms with van der Waals surface area (Å²) in [6.07, 6.45) is 1.41. The number of benzene rings is 1. The van der Waals surface area contributed by atoms with Crippen LogP contribution in [0.4, 0.5) is 4.39 Å². The van der Waals surface area contributed by atoms with Crippen molar-refractivity contribution in [2.75, 3.05) is 0 Å². The maximum Gasteiger partial charge on any atom is 0.240 e. The number of nitrogens with zero attached hydrogens (tertiary/aromatic N) is 2. The summed E-state index contributed by atoms with van der Waals surface area (Å²) in [6.45, 7) is 5.29. The Morgan fingerprint density at radius 2 is 2.18 bits per heavy atom. The van der Waals surface area contributed by atoms with Crippen LogP contribution in [-0.4, -0.2) is 22.9 Å². The van der Waals surface area contributed by atoms with Gasteiger partial charge in [-0.1, -0.05) is 12.1 Å². The molecule has 1 aromatic carbocycles. The topological polar surface area (TPSA) is 70.1 Å². The van der Waals surface area contributed by atoms with Crippen LogP contribution in [0.5, 0.6) is 0 Å². The number of hydrogen-bond donors (Lipinski definition) is 1. The van der Waals surface area contributed by atoms with Crippen LogP contribution in [0, 0.1) is 22.6 Å². The van der Waals surface area contributed by atoms with Crippen LogP contribution in [0.25, 0.3) is 0 Å². The van der Waals surface area contributed by atoms with E-state index in [1.54, 1.807) is 17.9 Å². The summed E-state index contributed by atoms with van der Waals surface area (Å²) < 4.78 is 13.5. The highest BCUT2D eigenvalue weighted by molar-refractivity contribution is 5.82. The molecule has 1 amide bonds. The Hall–Kier alpha value is -1.93. The number of hydrogen-bond acceptors (Lipinski definition) is 3. The molecule has 2 N–H and O–H groups in total. The monoisotopic (exact) mass is 303 g/mol. The first-order valence-corrected chi connectivity index (χ1v) is 7.52. The summed E-state index contributed by atoms with van der Waals surface area (Å²) in [5, 5.41) is 9.41. The summed E-state index contributed by atoms with van der Waals surface area (Å²) in [5.74, 6) is -0.520. The van der Waals surface area contributed by atoms with Gasteiger partial charge in [0.25, 0.3) is 0 Å². The van der Waals surface area contributed by atoms with E-state index in [4.69, 9.17) is 5.73 Å². The van der Waals surface area contributed by atoms with Crippen LogP contribution < -0.4 is 5.73 Å². The van der Waals surface area contributed by atoms with Gasteiger partial charge in [0.1, 0.15) is 5.82 Å². The summed E-state index contributed by atoms with van der Waals surface area (Å²) in [7, 11) is 0. The summed E-state index contributed by atoms with van der Waals surface area (Å²) >= 11 is 0. The minimum Gasteiger partial charge on any atom is -0.330 e. The Balaban J connectivity index is 2.43. The third kappa shape index (κ3) is 2.97. The highest BCUT2D eigenvalue weighted by Crippen LogP contribution is 2.43. The molecule has 1 aromatic rings. The van der Waals surface area contributed by atoms with Crippen molar-refractivity contribution in [2.24, 2.45) is 11.1 Å². The van der Waals surface area contributed by atoms with Crippen molar-refractivity contribution in [2.45, 2.75) is 51.7 Å². The van der Waals surface area contributed by atoms with Crippen molar-refractivity contribution < 1.29 is 9.18 Å². The van der Waals surface area contributed by atoms with Crippen molar-refractivity contribution >= 4 is 5.91 Å². The number of nitriles is 1. The number of halogens is 1. The van der Waals surface area contributed by atoms with Gasteiger partial charge in [0, 0.05) is 0 Å². The average Bonchev–Trinajstić information content (AvgIpc) is 2.91. The first-order chi connectivity index (χ1) is 10.3. The molecule has 3 atom stereocenters. The van der Waals surface area contributed by atoms with Crippen molar-refractivity contribution in [3.05, 3.63) is 35.6 Å². The summed E-state index contributed by atoms with van der Waals surface area (Å²) in [5.41, 5.74) is 5.87. The highest BCUT2D eigenvalue weighted by atomic mass is 19.1. The fourth-order valence-electron chi connectivity index (χ4n) is 3.18. The van der Waals surface area contributed by atoms with Crippen LogP contribution in [0.2, 0.25) is 0 Å². The second-order valence-electron chi connectivity index (χ2n) is 6.53. The second kappa shape index (κ2) is 6.05. The number of carbonyl (C=O) groups excluding carboxylic acids is 1. The largest absolute Gasteiger partial charge is 0.330 e. The molecule has 1 heterocycles. The molecule has 1 fully saturated rings. The van der Waals surface area contributed by atoms with Gasteiger partial charge in [0.05, 0.1) is 29.6 Å². The number of amides is 1. The smallest absolute Gasteiger partial charge is 0.240 e. The maximum absolute atomic E-state index is 13.5. The number of nitrogens with two attached hydrogens (primary N) is 1. The zero-order valence-electron chi connectivity index (χ0n) is 13.2. The normalized spacial score (nSPS) is 23.2. The molecule has 0 aromatic heterocycles. The molecule has 0 spiro atoms. The second-order valence-corrected chi connectivity index (χ2v) is 6.53. The molecule has 1 saturated heterocycles. The third-order valence-electron chi connectivity index (χ3n) is 4.38. The fraction of sp³-hybridized carbons (Fsp3) is 0.529. The molecular weight excluding hydrogens is 281 g/mol. The molecule has 2 rings (SSSR count).